The van der Waals surface area contributed by atoms with E-state index in [-0.39, 0.29) is 11.3 Å². The van der Waals surface area contributed by atoms with Gasteiger partial charge in [0.05, 0.1) is 5.39 Å². The first-order chi connectivity index (χ1) is 11.0. The number of methoxy groups -OCH3 is 1. The number of aromatic carboxylic acids is 1. The minimum absolute atomic E-state index is 0.0641. The van der Waals surface area contributed by atoms with Crippen molar-refractivity contribution in [3.8, 4) is 0 Å². The lowest BCUT2D eigenvalue weighted by Gasteiger charge is -2.08. The lowest BCUT2D eigenvalue weighted by atomic mass is 10.3. The Morgan fingerprint density at radius 3 is 2.87 bits per heavy atom. The highest BCUT2D eigenvalue weighted by Crippen LogP contribution is 2.18. The van der Waals surface area contributed by atoms with Gasteiger partial charge in [-0.15, -0.1) is 0 Å². The molecule has 7 heteroatoms. The van der Waals surface area contributed by atoms with Gasteiger partial charge < -0.3 is 14.4 Å². The number of pyridine rings is 1. The topological polar surface area (TPSA) is 85.8 Å². The molecule has 0 aliphatic rings. The molecule has 0 unspecified atom stereocenters. The SMILES string of the molecule is COCCCn1c(C(=O)O)cc2c(=O)n3cccc(C)c3nc21. The summed E-state index contributed by atoms with van der Waals surface area (Å²) in [5.74, 6) is -1.08. The number of hydrogen-bond acceptors (Lipinski definition) is 4. The van der Waals surface area contributed by atoms with Crippen molar-refractivity contribution in [1.82, 2.24) is 14.0 Å². The molecular weight excluding hydrogens is 298 g/mol. The van der Waals surface area contributed by atoms with Gasteiger partial charge in [-0.05, 0) is 31.0 Å². The Kier molecular flexibility index (Phi) is 3.87. The summed E-state index contributed by atoms with van der Waals surface area (Å²) in [6.45, 7) is 2.79. The van der Waals surface area contributed by atoms with Gasteiger partial charge in [0.1, 0.15) is 17.0 Å². The molecule has 3 aromatic rings. The predicted octanol–water partition coefficient (Wildman–Crippen LogP) is 1.69. The summed E-state index contributed by atoms with van der Waals surface area (Å²) in [6, 6.07) is 5.03. The molecule has 0 spiro atoms. The number of carboxylic acids is 1. The van der Waals surface area contributed by atoms with Crippen LogP contribution in [0.5, 0.6) is 0 Å². The van der Waals surface area contributed by atoms with Crippen molar-refractivity contribution in [3.05, 3.63) is 46.0 Å². The van der Waals surface area contributed by atoms with E-state index in [0.717, 1.165) is 5.56 Å². The van der Waals surface area contributed by atoms with Crippen LogP contribution in [0.4, 0.5) is 0 Å². The normalized spacial score (nSPS) is 11.4. The van der Waals surface area contributed by atoms with E-state index < -0.39 is 5.97 Å². The quantitative estimate of drug-likeness (QED) is 0.724. The van der Waals surface area contributed by atoms with Gasteiger partial charge >= 0.3 is 5.97 Å². The monoisotopic (exact) mass is 315 g/mol. The van der Waals surface area contributed by atoms with E-state index in [9.17, 15) is 14.7 Å². The zero-order valence-corrected chi connectivity index (χ0v) is 12.9. The summed E-state index contributed by atoms with van der Waals surface area (Å²) in [5, 5.41) is 9.73. The number of nitrogens with zero attached hydrogens (tertiary/aromatic N) is 3. The number of fused-ring (bicyclic) bond motifs is 2. The molecule has 0 atom stereocenters. The van der Waals surface area contributed by atoms with Gasteiger partial charge in [-0.25, -0.2) is 9.78 Å². The van der Waals surface area contributed by atoms with Crippen LogP contribution in [0.1, 0.15) is 22.5 Å². The molecular formula is C16H17N3O4. The zero-order chi connectivity index (χ0) is 16.6. The summed E-state index contributed by atoms with van der Waals surface area (Å²) in [5.41, 5.74) is 1.59. The fraction of sp³-hybridized carbons (Fsp3) is 0.312. The molecule has 0 saturated carbocycles. The highest BCUT2D eigenvalue weighted by Gasteiger charge is 2.19. The van der Waals surface area contributed by atoms with Gasteiger partial charge in [-0.2, -0.15) is 0 Å². The second-order valence-electron chi connectivity index (χ2n) is 5.37. The van der Waals surface area contributed by atoms with Crippen LogP contribution in [0, 0.1) is 6.92 Å². The van der Waals surface area contributed by atoms with Crippen molar-refractivity contribution in [2.45, 2.75) is 19.9 Å². The summed E-state index contributed by atoms with van der Waals surface area (Å²) < 4.78 is 8.04. The average Bonchev–Trinajstić information content (AvgIpc) is 2.88. The highest BCUT2D eigenvalue weighted by atomic mass is 16.5. The number of ether oxygens (including phenoxy) is 1. The summed E-state index contributed by atoms with van der Waals surface area (Å²) in [7, 11) is 1.59. The van der Waals surface area contributed by atoms with Gasteiger partial charge in [0.25, 0.3) is 5.56 Å². The number of carboxylic acid groups (broad SMARTS) is 1. The van der Waals surface area contributed by atoms with Gasteiger partial charge in [0.15, 0.2) is 0 Å². The molecule has 3 rings (SSSR count). The Morgan fingerprint density at radius 2 is 2.17 bits per heavy atom. The minimum atomic E-state index is -1.08. The van der Waals surface area contributed by atoms with Crippen molar-refractivity contribution < 1.29 is 14.6 Å². The number of aryl methyl sites for hydroxylation is 2. The average molecular weight is 315 g/mol. The third-order valence-corrected chi connectivity index (χ3v) is 3.84. The number of aromatic nitrogens is 3. The largest absolute Gasteiger partial charge is 0.477 e. The van der Waals surface area contributed by atoms with Crippen molar-refractivity contribution in [1.29, 1.82) is 0 Å². The maximum absolute atomic E-state index is 12.7. The molecule has 0 aliphatic heterocycles. The molecule has 0 saturated heterocycles. The van der Waals surface area contributed by atoms with Crippen molar-refractivity contribution in [2.24, 2.45) is 0 Å². The van der Waals surface area contributed by atoms with Crippen LogP contribution in [0.3, 0.4) is 0 Å². The Hall–Kier alpha value is -2.67. The zero-order valence-electron chi connectivity index (χ0n) is 12.9. The van der Waals surface area contributed by atoms with Gasteiger partial charge in [-0.1, -0.05) is 6.07 Å². The first kappa shape index (κ1) is 15.2. The molecule has 0 amide bonds. The molecule has 1 N–H and O–H groups in total. The predicted molar refractivity (Wildman–Crippen MR) is 85.1 cm³/mol. The van der Waals surface area contributed by atoms with E-state index in [1.165, 1.54) is 10.5 Å². The first-order valence-corrected chi connectivity index (χ1v) is 7.28. The van der Waals surface area contributed by atoms with E-state index in [1.807, 2.05) is 13.0 Å². The van der Waals surface area contributed by atoms with E-state index in [0.29, 0.717) is 36.3 Å². The molecule has 7 nitrogen and oxygen atoms in total. The molecule has 0 aromatic carbocycles. The fourth-order valence-corrected chi connectivity index (χ4v) is 2.73. The first-order valence-electron chi connectivity index (χ1n) is 7.28. The standard InChI is InChI=1S/C16H17N3O4/c1-10-5-3-6-19-13(10)17-14-11(15(19)20)9-12(16(21)22)18(14)7-4-8-23-2/h3,5-6,9H,4,7-8H2,1-2H3,(H,21,22). The molecule has 3 aromatic heterocycles. The second-order valence-corrected chi connectivity index (χ2v) is 5.37. The van der Waals surface area contributed by atoms with Crippen molar-refractivity contribution >= 4 is 22.6 Å². The van der Waals surface area contributed by atoms with Crippen molar-refractivity contribution in [3.63, 3.8) is 0 Å². The lowest BCUT2D eigenvalue weighted by Crippen LogP contribution is -2.16. The van der Waals surface area contributed by atoms with Crippen LogP contribution in [0.25, 0.3) is 16.7 Å². The molecule has 0 radical (unpaired) electrons. The number of carbonyl (C=O) groups is 1. The Labute approximate surface area is 131 Å². The molecule has 3 heterocycles. The molecule has 0 fully saturated rings. The fourth-order valence-electron chi connectivity index (χ4n) is 2.73. The van der Waals surface area contributed by atoms with Crippen LogP contribution in [-0.2, 0) is 11.3 Å². The number of hydrogen-bond donors (Lipinski definition) is 1. The van der Waals surface area contributed by atoms with Crippen LogP contribution >= 0.6 is 0 Å². The lowest BCUT2D eigenvalue weighted by molar-refractivity contribution is 0.0684. The molecule has 0 aliphatic carbocycles. The second kappa shape index (κ2) is 5.85. The summed E-state index contributed by atoms with van der Waals surface area (Å²) in [4.78, 5) is 28.7. The summed E-state index contributed by atoms with van der Waals surface area (Å²) >= 11 is 0. The van der Waals surface area contributed by atoms with E-state index in [4.69, 9.17) is 4.74 Å². The Bertz CT molecular complexity index is 955. The van der Waals surface area contributed by atoms with E-state index in [2.05, 4.69) is 4.98 Å². The third kappa shape index (κ3) is 2.49. The smallest absolute Gasteiger partial charge is 0.352 e. The van der Waals surface area contributed by atoms with Crippen LogP contribution in [0.15, 0.2) is 29.2 Å². The van der Waals surface area contributed by atoms with E-state index in [1.54, 1.807) is 23.9 Å². The van der Waals surface area contributed by atoms with Crippen LogP contribution in [0.2, 0.25) is 0 Å². The van der Waals surface area contributed by atoms with Gasteiger partial charge in [0, 0.05) is 26.5 Å². The Balaban J connectivity index is 2.32. The third-order valence-electron chi connectivity index (χ3n) is 3.84. The Morgan fingerprint density at radius 1 is 1.39 bits per heavy atom. The molecule has 23 heavy (non-hydrogen) atoms. The molecule has 0 bridgehead atoms. The van der Waals surface area contributed by atoms with Crippen molar-refractivity contribution in [2.75, 3.05) is 13.7 Å². The van der Waals surface area contributed by atoms with E-state index >= 15 is 0 Å². The molecule has 120 valence electrons. The maximum atomic E-state index is 12.7. The van der Waals surface area contributed by atoms with Crippen LogP contribution in [-0.4, -0.2) is 38.7 Å². The van der Waals surface area contributed by atoms with Gasteiger partial charge in [-0.3, -0.25) is 9.20 Å². The summed E-state index contributed by atoms with van der Waals surface area (Å²) in [6.07, 6.45) is 2.27. The maximum Gasteiger partial charge on any atom is 0.352 e. The highest BCUT2D eigenvalue weighted by molar-refractivity contribution is 5.93. The number of rotatable bonds is 5. The minimum Gasteiger partial charge on any atom is -0.477 e. The van der Waals surface area contributed by atoms with Crippen LogP contribution < -0.4 is 5.56 Å². The van der Waals surface area contributed by atoms with Gasteiger partial charge in [0.2, 0.25) is 0 Å².